The summed E-state index contributed by atoms with van der Waals surface area (Å²) < 4.78 is 5.26. The third kappa shape index (κ3) is 2.89. The molecule has 4 nitrogen and oxygen atoms in total. The molecule has 0 radical (unpaired) electrons. The van der Waals surface area contributed by atoms with Crippen LogP contribution < -0.4 is 0 Å². The van der Waals surface area contributed by atoms with Crippen molar-refractivity contribution in [2.45, 2.75) is 20.3 Å². The van der Waals surface area contributed by atoms with Crippen molar-refractivity contribution in [1.82, 2.24) is 9.88 Å². The molecule has 1 heterocycles. The minimum atomic E-state index is 0.0660. The van der Waals surface area contributed by atoms with Crippen LogP contribution >= 0.6 is 0 Å². The van der Waals surface area contributed by atoms with Crippen molar-refractivity contribution in [2.24, 2.45) is 0 Å². The first-order chi connectivity index (χ1) is 6.09. The molecule has 0 aliphatic rings. The Hall–Kier alpha value is -1.32. The fraction of sp³-hybridized carbons (Fsp3) is 0.556. The van der Waals surface area contributed by atoms with Gasteiger partial charge < -0.3 is 9.32 Å². The van der Waals surface area contributed by atoms with Crippen LogP contribution in [0.15, 0.2) is 10.6 Å². The monoisotopic (exact) mass is 182 g/mol. The Kier molecular flexibility index (Phi) is 3.06. The highest BCUT2D eigenvalue weighted by Crippen LogP contribution is 2.03. The summed E-state index contributed by atoms with van der Waals surface area (Å²) in [5.41, 5.74) is 0. The van der Waals surface area contributed by atoms with Crippen molar-refractivity contribution in [3.63, 3.8) is 0 Å². The van der Waals surface area contributed by atoms with Crippen molar-refractivity contribution >= 4 is 5.91 Å². The first-order valence-corrected chi connectivity index (χ1v) is 4.22. The van der Waals surface area contributed by atoms with Gasteiger partial charge in [-0.15, -0.1) is 0 Å². The van der Waals surface area contributed by atoms with Gasteiger partial charge in [-0.1, -0.05) is 0 Å². The zero-order chi connectivity index (χ0) is 9.84. The molecule has 0 unspecified atom stereocenters. The normalized spacial score (nSPS) is 10.1. The Balaban J connectivity index is 2.39. The van der Waals surface area contributed by atoms with Gasteiger partial charge >= 0.3 is 0 Å². The number of likely N-dealkylation sites (N-methyl/N-ethyl adjacent to an activating group) is 1. The second kappa shape index (κ2) is 4.07. The van der Waals surface area contributed by atoms with E-state index in [9.17, 15) is 4.79 Å². The summed E-state index contributed by atoms with van der Waals surface area (Å²) in [5, 5.41) is 0. The molecular formula is C9H14N2O2. The van der Waals surface area contributed by atoms with E-state index in [1.54, 1.807) is 32.0 Å². The summed E-state index contributed by atoms with van der Waals surface area (Å²) in [6.45, 7) is 4.02. The van der Waals surface area contributed by atoms with Crippen LogP contribution in [0, 0.1) is 6.92 Å². The van der Waals surface area contributed by atoms with Gasteiger partial charge in [0.15, 0.2) is 5.89 Å². The van der Waals surface area contributed by atoms with Gasteiger partial charge in [-0.05, 0) is 0 Å². The molecule has 1 rings (SSSR count). The second-order valence-corrected chi connectivity index (χ2v) is 3.04. The summed E-state index contributed by atoms with van der Waals surface area (Å²) >= 11 is 0. The number of aryl methyl sites for hydroxylation is 1. The highest BCUT2D eigenvalue weighted by Gasteiger charge is 2.04. The van der Waals surface area contributed by atoms with Gasteiger partial charge in [0.1, 0.15) is 5.76 Å². The predicted octanol–water partition coefficient (Wildman–Crippen LogP) is 1.00. The first-order valence-electron chi connectivity index (χ1n) is 4.22. The minimum absolute atomic E-state index is 0.0660. The maximum Gasteiger partial charge on any atom is 0.219 e. The van der Waals surface area contributed by atoms with Crippen LogP contribution in [0.2, 0.25) is 0 Å². The largest absolute Gasteiger partial charge is 0.446 e. The summed E-state index contributed by atoms with van der Waals surface area (Å²) in [6, 6.07) is 0. The van der Waals surface area contributed by atoms with Gasteiger partial charge in [0.25, 0.3) is 0 Å². The summed E-state index contributed by atoms with van der Waals surface area (Å²) in [6.07, 6.45) is 2.42. The van der Waals surface area contributed by atoms with Crippen molar-refractivity contribution in [3.8, 4) is 0 Å². The molecule has 13 heavy (non-hydrogen) atoms. The van der Waals surface area contributed by atoms with E-state index in [-0.39, 0.29) is 5.91 Å². The molecule has 0 saturated carbocycles. The molecule has 1 aromatic rings. The predicted molar refractivity (Wildman–Crippen MR) is 48.3 cm³/mol. The first kappa shape index (κ1) is 9.77. The fourth-order valence-electron chi connectivity index (χ4n) is 0.956. The van der Waals surface area contributed by atoms with Crippen molar-refractivity contribution in [1.29, 1.82) is 0 Å². The van der Waals surface area contributed by atoms with Crippen LogP contribution in [0.5, 0.6) is 0 Å². The summed E-state index contributed by atoms with van der Waals surface area (Å²) in [5.74, 6) is 1.56. The third-order valence-electron chi connectivity index (χ3n) is 1.90. The lowest BCUT2D eigenvalue weighted by Crippen LogP contribution is -2.25. The number of rotatable bonds is 3. The minimum Gasteiger partial charge on any atom is -0.446 e. The van der Waals surface area contributed by atoms with Gasteiger partial charge in [-0.3, -0.25) is 4.79 Å². The number of hydrogen-bond donors (Lipinski definition) is 0. The van der Waals surface area contributed by atoms with Crippen LogP contribution in [-0.2, 0) is 11.2 Å². The molecule has 4 heteroatoms. The third-order valence-corrected chi connectivity index (χ3v) is 1.90. The molecule has 0 fully saturated rings. The molecule has 1 amide bonds. The van der Waals surface area contributed by atoms with Crippen molar-refractivity contribution in [2.75, 3.05) is 13.6 Å². The number of oxazole rings is 1. The molecule has 0 spiro atoms. The fourth-order valence-corrected chi connectivity index (χ4v) is 0.956. The number of amides is 1. The molecule has 1 aromatic heterocycles. The molecule has 0 aliphatic heterocycles. The smallest absolute Gasteiger partial charge is 0.219 e. The number of hydrogen-bond acceptors (Lipinski definition) is 3. The number of nitrogens with zero attached hydrogens (tertiary/aromatic N) is 2. The number of aromatic nitrogens is 1. The lowest BCUT2D eigenvalue weighted by molar-refractivity contribution is -0.127. The summed E-state index contributed by atoms with van der Waals surface area (Å²) in [4.78, 5) is 16.5. The van der Waals surface area contributed by atoms with Crippen LogP contribution in [-0.4, -0.2) is 29.4 Å². The summed E-state index contributed by atoms with van der Waals surface area (Å²) in [7, 11) is 1.77. The van der Waals surface area contributed by atoms with E-state index in [2.05, 4.69) is 4.98 Å². The SMILES string of the molecule is CC(=O)N(C)CCc1cnc(C)o1. The maximum absolute atomic E-state index is 10.8. The van der Waals surface area contributed by atoms with E-state index in [0.717, 1.165) is 12.2 Å². The van der Waals surface area contributed by atoms with Gasteiger partial charge in [0, 0.05) is 33.9 Å². The number of carbonyl (C=O) groups excluding carboxylic acids is 1. The standard InChI is InChI=1S/C9H14N2O2/c1-7-10-6-9(13-7)4-5-11(3)8(2)12/h6H,4-5H2,1-3H3. The molecular weight excluding hydrogens is 168 g/mol. The van der Waals surface area contributed by atoms with Crippen molar-refractivity contribution < 1.29 is 9.21 Å². The van der Waals surface area contributed by atoms with Crippen LogP contribution in [0.25, 0.3) is 0 Å². The average Bonchev–Trinajstić information content (AvgIpc) is 2.47. The zero-order valence-electron chi connectivity index (χ0n) is 8.20. The van der Waals surface area contributed by atoms with E-state index in [0.29, 0.717) is 12.4 Å². The second-order valence-electron chi connectivity index (χ2n) is 3.04. The van der Waals surface area contributed by atoms with E-state index in [1.165, 1.54) is 0 Å². The average molecular weight is 182 g/mol. The van der Waals surface area contributed by atoms with Gasteiger partial charge in [-0.25, -0.2) is 4.98 Å². The highest BCUT2D eigenvalue weighted by molar-refractivity contribution is 5.72. The molecule has 0 bridgehead atoms. The van der Waals surface area contributed by atoms with E-state index in [1.807, 2.05) is 0 Å². The Morgan fingerprint density at radius 2 is 2.38 bits per heavy atom. The molecule has 0 N–H and O–H groups in total. The molecule has 72 valence electrons. The molecule has 0 aromatic carbocycles. The molecule has 0 aliphatic carbocycles. The lowest BCUT2D eigenvalue weighted by atomic mass is 10.3. The van der Waals surface area contributed by atoms with E-state index < -0.39 is 0 Å². The molecule has 0 saturated heterocycles. The lowest BCUT2D eigenvalue weighted by Gasteiger charge is -2.12. The zero-order valence-corrected chi connectivity index (χ0v) is 8.20. The Morgan fingerprint density at radius 3 is 2.85 bits per heavy atom. The Morgan fingerprint density at radius 1 is 1.69 bits per heavy atom. The van der Waals surface area contributed by atoms with Gasteiger partial charge in [0.2, 0.25) is 5.91 Å². The number of carbonyl (C=O) groups is 1. The van der Waals surface area contributed by atoms with Crippen molar-refractivity contribution in [3.05, 3.63) is 17.8 Å². The van der Waals surface area contributed by atoms with Crippen LogP contribution in [0.4, 0.5) is 0 Å². The van der Waals surface area contributed by atoms with Gasteiger partial charge in [0.05, 0.1) is 6.20 Å². The van der Waals surface area contributed by atoms with Crippen LogP contribution in [0.3, 0.4) is 0 Å². The van der Waals surface area contributed by atoms with Gasteiger partial charge in [-0.2, -0.15) is 0 Å². The van der Waals surface area contributed by atoms with E-state index >= 15 is 0 Å². The Labute approximate surface area is 77.6 Å². The molecule has 0 atom stereocenters. The Bertz CT molecular complexity index is 294. The quantitative estimate of drug-likeness (QED) is 0.700. The maximum atomic E-state index is 10.8. The van der Waals surface area contributed by atoms with E-state index in [4.69, 9.17) is 4.42 Å². The highest BCUT2D eigenvalue weighted by atomic mass is 16.4. The van der Waals surface area contributed by atoms with Crippen LogP contribution in [0.1, 0.15) is 18.6 Å². The topological polar surface area (TPSA) is 46.3 Å².